The molecule has 0 aliphatic heterocycles. The molecule has 0 spiro atoms. The van der Waals surface area contributed by atoms with Gasteiger partial charge in [0.2, 0.25) is 0 Å². The molecule has 0 aliphatic rings. The first-order valence-corrected chi connectivity index (χ1v) is 9.55. The lowest BCUT2D eigenvalue weighted by Crippen LogP contribution is -2.21. The number of ether oxygens (including phenoxy) is 2. The van der Waals surface area contributed by atoms with Crippen LogP contribution in [-0.2, 0) is 9.53 Å². The summed E-state index contributed by atoms with van der Waals surface area (Å²) in [5.41, 5.74) is 1.29. The number of benzene rings is 3. The second-order valence-electron chi connectivity index (χ2n) is 6.40. The van der Waals surface area contributed by atoms with Gasteiger partial charge in [0.1, 0.15) is 11.4 Å². The molecule has 1 heterocycles. The number of para-hydroxylation sites is 4. The normalized spacial score (nSPS) is 10.6. The van der Waals surface area contributed by atoms with Crippen molar-refractivity contribution < 1.29 is 19.1 Å². The number of carbonyl (C=O) groups is 2. The maximum absolute atomic E-state index is 12.4. The first kappa shape index (κ1) is 19.5. The van der Waals surface area contributed by atoms with E-state index in [1.807, 2.05) is 42.5 Å². The van der Waals surface area contributed by atoms with E-state index in [4.69, 9.17) is 21.1 Å². The molecular weight excluding hydrogens is 404 g/mol. The summed E-state index contributed by atoms with van der Waals surface area (Å²) in [7, 11) is 0. The number of aromatic nitrogens is 1. The first-order chi connectivity index (χ1) is 14.6. The predicted octanol–water partition coefficient (Wildman–Crippen LogP) is 5.41. The molecule has 0 fully saturated rings. The van der Waals surface area contributed by atoms with Crippen LogP contribution in [-0.4, -0.2) is 23.5 Å². The lowest BCUT2D eigenvalue weighted by Gasteiger charge is -2.12. The number of fused-ring (bicyclic) bond motifs is 1. The maximum Gasteiger partial charge on any atom is 0.356 e. The molecule has 1 amide bonds. The largest absolute Gasteiger partial charge is 0.455 e. The highest BCUT2D eigenvalue weighted by Gasteiger charge is 2.19. The van der Waals surface area contributed by atoms with Crippen molar-refractivity contribution in [2.45, 2.75) is 0 Å². The Labute approximate surface area is 177 Å². The van der Waals surface area contributed by atoms with Gasteiger partial charge >= 0.3 is 5.97 Å². The number of esters is 1. The summed E-state index contributed by atoms with van der Waals surface area (Å²) in [6.07, 6.45) is 0. The van der Waals surface area contributed by atoms with Crippen LogP contribution in [0.4, 0.5) is 5.69 Å². The van der Waals surface area contributed by atoms with Gasteiger partial charge in [0.15, 0.2) is 12.4 Å². The topological polar surface area (TPSA) is 80.4 Å². The van der Waals surface area contributed by atoms with E-state index in [0.717, 1.165) is 0 Å². The van der Waals surface area contributed by atoms with Crippen molar-refractivity contribution in [2.75, 3.05) is 11.9 Å². The Bertz CT molecular complexity index is 1200. The van der Waals surface area contributed by atoms with E-state index in [0.29, 0.717) is 28.1 Å². The SMILES string of the molecule is O=C(COC(=O)c1[nH]c2ccccc2c1Cl)Nc1ccccc1Oc1ccccc1. The average Bonchev–Trinajstić information content (AvgIpc) is 3.11. The Balaban J connectivity index is 1.40. The molecule has 0 aliphatic carbocycles. The third kappa shape index (κ3) is 4.29. The standard InChI is InChI=1S/C23H17ClN2O4/c24-21-16-10-4-5-11-17(16)26-22(21)23(28)29-14-20(27)25-18-12-6-7-13-19(18)30-15-8-2-1-3-9-15/h1-13,26H,14H2,(H,25,27). The Morgan fingerprint density at radius 2 is 1.60 bits per heavy atom. The molecule has 0 bridgehead atoms. The van der Waals surface area contributed by atoms with Crippen LogP contribution in [0, 0.1) is 0 Å². The third-order valence-electron chi connectivity index (χ3n) is 4.31. The number of anilines is 1. The third-order valence-corrected chi connectivity index (χ3v) is 4.71. The monoisotopic (exact) mass is 420 g/mol. The number of halogens is 1. The highest BCUT2D eigenvalue weighted by molar-refractivity contribution is 6.38. The number of hydrogen-bond acceptors (Lipinski definition) is 4. The molecule has 4 aromatic rings. The van der Waals surface area contributed by atoms with Crippen molar-refractivity contribution in [2.24, 2.45) is 0 Å². The van der Waals surface area contributed by atoms with Crippen LogP contribution in [0.2, 0.25) is 5.02 Å². The maximum atomic E-state index is 12.4. The molecule has 1 aromatic heterocycles. The summed E-state index contributed by atoms with van der Waals surface area (Å²) in [4.78, 5) is 27.6. The Morgan fingerprint density at radius 3 is 2.40 bits per heavy atom. The quantitative estimate of drug-likeness (QED) is 0.409. The summed E-state index contributed by atoms with van der Waals surface area (Å²) < 4.78 is 10.9. The molecule has 0 unspecified atom stereocenters. The van der Waals surface area contributed by atoms with Crippen molar-refractivity contribution in [1.29, 1.82) is 0 Å². The molecule has 2 N–H and O–H groups in total. The van der Waals surface area contributed by atoms with Gasteiger partial charge in [0, 0.05) is 10.9 Å². The van der Waals surface area contributed by atoms with Crippen molar-refractivity contribution in [3.8, 4) is 11.5 Å². The lowest BCUT2D eigenvalue weighted by atomic mass is 10.2. The van der Waals surface area contributed by atoms with Crippen LogP contribution in [0.15, 0.2) is 78.9 Å². The van der Waals surface area contributed by atoms with Gasteiger partial charge in [-0.2, -0.15) is 0 Å². The molecule has 0 saturated carbocycles. The smallest absolute Gasteiger partial charge is 0.356 e. The van der Waals surface area contributed by atoms with Crippen LogP contribution in [0.25, 0.3) is 10.9 Å². The van der Waals surface area contributed by atoms with E-state index in [-0.39, 0.29) is 10.7 Å². The van der Waals surface area contributed by atoms with Crippen molar-refractivity contribution >= 4 is 40.1 Å². The van der Waals surface area contributed by atoms with Gasteiger partial charge in [0.05, 0.1) is 10.7 Å². The number of aromatic amines is 1. The number of rotatable bonds is 6. The fourth-order valence-electron chi connectivity index (χ4n) is 2.91. The molecule has 150 valence electrons. The van der Waals surface area contributed by atoms with Gasteiger partial charge in [0.25, 0.3) is 5.91 Å². The molecule has 0 radical (unpaired) electrons. The van der Waals surface area contributed by atoms with Crippen molar-refractivity contribution in [3.05, 3.63) is 89.6 Å². The summed E-state index contributed by atoms with van der Waals surface area (Å²) in [6, 6.07) is 23.4. The summed E-state index contributed by atoms with van der Waals surface area (Å²) in [5.74, 6) is -0.0963. The minimum atomic E-state index is -0.708. The van der Waals surface area contributed by atoms with Crippen molar-refractivity contribution in [1.82, 2.24) is 4.98 Å². The van der Waals surface area contributed by atoms with Gasteiger partial charge in [-0.15, -0.1) is 0 Å². The highest BCUT2D eigenvalue weighted by Crippen LogP contribution is 2.29. The molecular formula is C23H17ClN2O4. The number of nitrogens with one attached hydrogen (secondary N) is 2. The minimum absolute atomic E-state index is 0.110. The fourth-order valence-corrected chi connectivity index (χ4v) is 3.20. The zero-order chi connectivity index (χ0) is 20.9. The number of H-pyrrole nitrogens is 1. The Morgan fingerprint density at radius 1 is 0.900 bits per heavy atom. The number of carbonyl (C=O) groups excluding carboxylic acids is 2. The number of hydrogen-bond donors (Lipinski definition) is 2. The zero-order valence-electron chi connectivity index (χ0n) is 15.7. The summed E-state index contributed by atoms with van der Waals surface area (Å²) in [6.45, 7) is -0.468. The lowest BCUT2D eigenvalue weighted by molar-refractivity contribution is -0.119. The first-order valence-electron chi connectivity index (χ1n) is 9.17. The van der Waals surface area contributed by atoms with Gasteiger partial charge < -0.3 is 19.8 Å². The zero-order valence-corrected chi connectivity index (χ0v) is 16.5. The average molecular weight is 421 g/mol. The van der Waals surface area contributed by atoms with Gasteiger partial charge in [-0.1, -0.05) is 60.1 Å². The predicted molar refractivity (Wildman–Crippen MR) is 115 cm³/mol. The van der Waals surface area contributed by atoms with E-state index in [2.05, 4.69) is 10.3 Å². The second-order valence-corrected chi connectivity index (χ2v) is 6.77. The summed E-state index contributed by atoms with van der Waals surface area (Å²) in [5, 5.41) is 3.67. The van der Waals surface area contributed by atoms with Gasteiger partial charge in [-0.3, -0.25) is 4.79 Å². The van der Waals surface area contributed by atoms with E-state index >= 15 is 0 Å². The second kappa shape index (κ2) is 8.71. The molecule has 6 nitrogen and oxygen atoms in total. The van der Waals surface area contributed by atoms with Crippen LogP contribution >= 0.6 is 11.6 Å². The summed E-state index contributed by atoms with van der Waals surface area (Å²) >= 11 is 6.25. The van der Waals surface area contributed by atoms with E-state index in [1.54, 1.807) is 36.4 Å². The van der Waals surface area contributed by atoms with Crippen molar-refractivity contribution in [3.63, 3.8) is 0 Å². The molecule has 3 aromatic carbocycles. The number of amides is 1. The van der Waals surface area contributed by atoms with Crippen LogP contribution in [0.5, 0.6) is 11.5 Å². The van der Waals surface area contributed by atoms with Crippen LogP contribution in [0.1, 0.15) is 10.5 Å². The Hall–Kier alpha value is -3.77. The van der Waals surface area contributed by atoms with Gasteiger partial charge in [-0.25, -0.2) is 4.79 Å². The van der Waals surface area contributed by atoms with E-state index < -0.39 is 18.5 Å². The van der Waals surface area contributed by atoms with Crippen LogP contribution in [0.3, 0.4) is 0 Å². The van der Waals surface area contributed by atoms with Gasteiger partial charge in [-0.05, 0) is 30.3 Å². The molecule has 4 rings (SSSR count). The van der Waals surface area contributed by atoms with Crippen LogP contribution < -0.4 is 10.1 Å². The molecule has 0 saturated heterocycles. The minimum Gasteiger partial charge on any atom is -0.455 e. The van der Waals surface area contributed by atoms with E-state index in [1.165, 1.54) is 0 Å². The molecule has 7 heteroatoms. The Kier molecular flexibility index (Phi) is 5.68. The molecule has 30 heavy (non-hydrogen) atoms. The molecule has 0 atom stereocenters. The van der Waals surface area contributed by atoms with E-state index in [9.17, 15) is 9.59 Å². The highest BCUT2D eigenvalue weighted by atomic mass is 35.5. The fraction of sp³-hybridized carbons (Fsp3) is 0.0435.